The molecule has 0 aliphatic rings. The Morgan fingerprint density at radius 2 is 1.96 bits per heavy atom. The van der Waals surface area contributed by atoms with Crippen molar-refractivity contribution in [2.24, 2.45) is 0 Å². The molecule has 0 saturated carbocycles. The van der Waals surface area contributed by atoms with Crippen molar-refractivity contribution in [2.75, 3.05) is 5.32 Å². The Morgan fingerprint density at radius 3 is 2.67 bits per heavy atom. The van der Waals surface area contributed by atoms with Gasteiger partial charge < -0.3 is 5.32 Å². The predicted octanol–water partition coefficient (Wildman–Crippen LogP) is 4.31. The van der Waals surface area contributed by atoms with Crippen molar-refractivity contribution >= 4 is 5.82 Å². The summed E-state index contributed by atoms with van der Waals surface area (Å²) >= 11 is 0. The smallest absolute Gasteiger partial charge is 0.126 e. The number of aromatic nitrogens is 4. The molecule has 0 aliphatic carbocycles. The molecular weight excluding hydrogens is 298 g/mol. The zero-order chi connectivity index (χ0) is 16.9. The Balaban J connectivity index is 1.91. The summed E-state index contributed by atoms with van der Waals surface area (Å²) in [7, 11) is 0. The molecule has 0 atom stereocenters. The van der Waals surface area contributed by atoms with E-state index < -0.39 is 0 Å². The second-order valence-corrected chi connectivity index (χ2v) is 6.18. The number of aryl methyl sites for hydroxylation is 1. The quantitative estimate of drug-likeness (QED) is 0.710. The van der Waals surface area contributed by atoms with Gasteiger partial charge in [0.05, 0.1) is 11.9 Å². The maximum Gasteiger partial charge on any atom is 0.126 e. The summed E-state index contributed by atoms with van der Waals surface area (Å²) < 4.78 is 0. The second kappa shape index (κ2) is 7.25. The Labute approximate surface area is 142 Å². The van der Waals surface area contributed by atoms with Crippen LogP contribution in [0.3, 0.4) is 0 Å². The van der Waals surface area contributed by atoms with E-state index in [1.54, 1.807) is 0 Å². The average molecular weight is 321 g/mol. The van der Waals surface area contributed by atoms with E-state index in [1.807, 2.05) is 30.7 Å². The Morgan fingerprint density at radius 1 is 1.08 bits per heavy atom. The van der Waals surface area contributed by atoms with Crippen molar-refractivity contribution in [3.8, 4) is 22.4 Å². The Kier molecular flexibility index (Phi) is 4.89. The highest BCUT2D eigenvalue weighted by atomic mass is 15.1. The van der Waals surface area contributed by atoms with Gasteiger partial charge in [-0.25, -0.2) is 4.98 Å². The molecule has 24 heavy (non-hydrogen) atoms. The van der Waals surface area contributed by atoms with Gasteiger partial charge in [0.1, 0.15) is 5.82 Å². The first kappa shape index (κ1) is 16.2. The summed E-state index contributed by atoms with van der Waals surface area (Å²) in [5.74, 6) is 0.882. The fourth-order valence-electron chi connectivity index (χ4n) is 2.69. The number of aromatic amines is 1. The van der Waals surface area contributed by atoms with Crippen LogP contribution in [0, 0.1) is 0 Å². The topological polar surface area (TPSA) is 66.5 Å². The number of H-pyrrole nitrogens is 1. The largest absolute Gasteiger partial charge is 0.368 e. The van der Waals surface area contributed by atoms with E-state index in [2.05, 4.69) is 58.4 Å². The minimum atomic E-state index is 0.363. The van der Waals surface area contributed by atoms with E-state index in [1.165, 1.54) is 0 Å². The van der Waals surface area contributed by atoms with Gasteiger partial charge in [0.15, 0.2) is 0 Å². The zero-order valence-corrected chi connectivity index (χ0v) is 14.4. The highest BCUT2D eigenvalue weighted by molar-refractivity contribution is 5.80. The maximum absolute atomic E-state index is 4.49. The molecular formula is C19H23N5. The molecule has 0 amide bonds. The molecule has 3 heterocycles. The molecule has 5 nitrogen and oxygen atoms in total. The highest BCUT2D eigenvalue weighted by Gasteiger charge is 2.11. The van der Waals surface area contributed by atoms with Gasteiger partial charge in [0.25, 0.3) is 0 Å². The molecule has 0 aromatic carbocycles. The molecule has 2 N–H and O–H groups in total. The lowest BCUT2D eigenvalue weighted by Gasteiger charge is -2.09. The summed E-state index contributed by atoms with van der Waals surface area (Å²) in [6.45, 7) is 6.36. The monoisotopic (exact) mass is 321 g/mol. The van der Waals surface area contributed by atoms with E-state index in [9.17, 15) is 0 Å². The van der Waals surface area contributed by atoms with Crippen LogP contribution in [0.15, 0.2) is 42.9 Å². The SMILES string of the molecule is CCCc1cc(-c2[nH]ncc2-c2ccc(NC(C)C)nc2)ccn1. The highest BCUT2D eigenvalue weighted by Crippen LogP contribution is 2.30. The van der Waals surface area contributed by atoms with E-state index in [-0.39, 0.29) is 0 Å². The molecule has 0 unspecified atom stereocenters. The summed E-state index contributed by atoms with van der Waals surface area (Å²) in [6.07, 6.45) is 7.66. The first-order valence-electron chi connectivity index (χ1n) is 8.39. The first-order valence-corrected chi connectivity index (χ1v) is 8.39. The van der Waals surface area contributed by atoms with Gasteiger partial charge >= 0.3 is 0 Å². The van der Waals surface area contributed by atoms with Crippen LogP contribution in [0.5, 0.6) is 0 Å². The summed E-state index contributed by atoms with van der Waals surface area (Å²) in [5, 5.41) is 10.7. The van der Waals surface area contributed by atoms with Crippen molar-refractivity contribution in [1.29, 1.82) is 0 Å². The summed E-state index contributed by atoms with van der Waals surface area (Å²) in [4.78, 5) is 8.92. The number of rotatable bonds is 6. The maximum atomic E-state index is 4.49. The van der Waals surface area contributed by atoms with E-state index in [4.69, 9.17) is 0 Å². The van der Waals surface area contributed by atoms with Crippen LogP contribution in [0.2, 0.25) is 0 Å². The number of nitrogens with zero attached hydrogens (tertiary/aromatic N) is 3. The van der Waals surface area contributed by atoms with Crippen LogP contribution >= 0.6 is 0 Å². The van der Waals surface area contributed by atoms with Crippen molar-refractivity contribution in [3.63, 3.8) is 0 Å². The fraction of sp³-hybridized carbons (Fsp3) is 0.316. The second-order valence-electron chi connectivity index (χ2n) is 6.18. The predicted molar refractivity (Wildman–Crippen MR) is 97.8 cm³/mol. The number of hydrogen-bond acceptors (Lipinski definition) is 4. The molecule has 0 saturated heterocycles. The van der Waals surface area contributed by atoms with Crippen LogP contribution in [0.4, 0.5) is 5.82 Å². The minimum Gasteiger partial charge on any atom is -0.368 e. The van der Waals surface area contributed by atoms with Crippen LogP contribution in [0.1, 0.15) is 32.9 Å². The van der Waals surface area contributed by atoms with Crippen LogP contribution < -0.4 is 5.32 Å². The van der Waals surface area contributed by atoms with Crippen molar-refractivity contribution in [1.82, 2.24) is 20.2 Å². The van der Waals surface area contributed by atoms with E-state index >= 15 is 0 Å². The van der Waals surface area contributed by atoms with Gasteiger partial charge in [-0.05, 0) is 44.5 Å². The normalized spacial score (nSPS) is 11.0. The van der Waals surface area contributed by atoms with Gasteiger partial charge in [-0.15, -0.1) is 0 Å². The first-order chi connectivity index (χ1) is 11.7. The lowest BCUT2D eigenvalue weighted by Crippen LogP contribution is -2.10. The van der Waals surface area contributed by atoms with Crippen molar-refractivity contribution < 1.29 is 0 Å². The van der Waals surface area contributed by atoms with Crippen LogP contribution in [-0.4, -0.2) is 26.2 Å². The average Bonchev–Trinajstić information content (AvgIpc) is 3.05. The lowest BCUT2D eigenvalue weighted by molar-refractivity contribution is 0.883. The van der Waals surface area contributed by atoms with Crippen molar-refractivity contribution in [3.05, 3.63) is 48.5 Å². The summed E-state index contributed by atoms with van der Waals surface area (Å²) in [6, 6.07) is 8.57. The van der Waals surface area contributed by atoms with Gasteiger partial charge in [0.2, 0.25) is 0 Å². The number of hydrogen-bond donors (Lipinski definition) is 2. The van der Waals surface area contributed by atoms with Gasteiger partial charge in [-0.1, -0.05) is 13.3 Å². The molecule has 3 rings (SSSR count). The van der Waals surface area contributed by atoms with Gasteiger partial charge in [0, 0.05) is 40.8 Å². The molecule has 0 bridgehead atoms. The van der Waals surface area contributed by atoms with Gasteiger partial charge in [-0.3, -0.25) is 10.1 Å². The number of pyridine rings is 2. The Bertz CT molecular complexity index is 790. The van der Waals surface area contributed by atoms with Crippen LogP contribution in [-0.2, 0) is 6.42 Å². The van der Waals surface area contributed by atoms with Crippen molar-refractivity contribution in [2.45, 2.75) is 39.7 Å². The molecule has 0 radical (unpaired) electrons. The summed E-state index contributed by atoms with van der Waals surface area (Å²) in [5.41, 5.74) is 5.30. The molecule has 0 spiro atoms. The third-order valence-corrected chi connectivity index (χ3v) is 3.76. The van der Waals surface area contributed by atoms with Crippen LogP contribution in [0.25, 0.3) is 22.4 Å². The Hall–Kier alpha value is -2.69. The molecule has 0 aliphatic heterocycles. The minimum absolute atomic E-state index is 0.363. The molecule has 5 heteroatoms. The molecule has 3 aromatic rings. The third-order valence-electron chi connectivity index (χ3n) is 3.76. The standard InChI is InChI=1S/C19H23N5/c1-4-5-16-10-14(8-9-20-16)19-17(12-22-24-19)15-6-7-18(21-11-15)23-13(2)3/h6-13H,4-5H2,1-3H3,(H,21,23)(H,22,24). The fourth-order valence-corrected chi connectivity index (χ4v) is 2.69. The molecule has 124 valence electrons. The number of anilines is 1. The van der Waals surface area contributed by atoms with Gasteiger partial charge in [-0.2, -0.15) is 5.10 Å². The molecule has 0 fully saturated rings. The lowest BCUT2D eigenvalue weighted by atomic mass is 10.0. The molecule has 3 aromatic heterocycles. The third kappa shape index (κ3) is 3.62. The van der Waals surface area contributed by atoms with E-state index in [0.717, 1.165) is 46.7 Å². The zero-order valence-electron chi connectivity index (χ0n) is 14.4. The number of nitrogens with one attached hydrogen (secondary N) is 2. The van der Waals surface area contributed by atoms with E-state index in [0.29, 0.717) is 6.04 Å².